The molecule has 2 aromatic rings. The molecule has 1 aromatic carbocycles. The van der Waals surface area contributed by atoms with E-state index in [4.69, 9.17) is 5.11 Å². The van der Waals surface area contributed by atoms with Crippen LogP contribution >= 0.6 is 0 Å². The third kappa shape index (κ3) is 3.23. The van der Waals surface area contributed by atoms with Crippen molar-refractivity contribution in [3.05, 3.63) is 52.1 Å². The topological polar surface area (TPSA) is 95.1 Å². The van der Waals surface area contributed by atoms with Gasteiger partial charge < -0.3 is 15.4 Å². The molecule has 1 heterocycles. The van der Waals surface area contributed by atoms with E-state index < -0.39 is 5.97 Å². The summed E-state index contributed by atoms with van der Waals surface area (Å²) in [4.78, 5) is 29.3. The minimum Gasteiger partial charge on any atom is -0.478 e. The summed E-state index contributed by atoms with van der Waals surface area (Å²) < 4.78 is 0. The van der Waals surface area contributed by atoms with Gasteiger partial charge in [-0.1, -0.05) is 13.8 Å². The van der Waals surface area contributed by atoms with Gasteiger partial charge in [-0.15, -0.1) is 0 Å². The first-order valence-corrected chi connectivity index (χ1v) is 6.17. The van der Waals surface area contributed by atoms with E-state index in [1.165, 1.54) is 18.2 Å². The molecule has 0 fully saturated rings. The Kier molecular flexibility index (Phi) is 3.84. The maximum absolute atomic E-state index is 11.5. The largest absolute Gasteiger partial charge is 0.478 e. The van der Waals surface area contributed by atoms with Gasteiger partial charge in [-0.2, -0.15) is 0 Å². The number of aromatic amines is 1. The molecule has 0 aliphatic carbocycles. The highest BCUT2D eigenvalue weighted by Gasteiger charge is 2.06. The molecule has 6 heteroatoms. The van der Waals surface area contributed by atoms with E-state index in [0.717, 1.165) is 0 Å². The molecule has 0 radical (unpaired) electrons. The summed E-state index contributed by atoms with van der Waals surface area (Å²) in [6, 6.07) is 7.59. The van der Waals surface area contributed by atoms with Gasteiger partial charge in [-0.05, 0) is 24.3 Å². The van der Waals surface area contributed by atoms with E-state index >= 15 is 0 Å². The molecule has 0 unspecified atom stereocenters. The lowest BCUT2D eigenvalue weighted by Gasteiger charge is -2.09. The first-order chi connectivity index (χ1) is 9.45. The monoisotopic (exact) mass is 273 g/mol. The average Bonchev–Trinajstić information content (AvgIpc) is 2.38. The van der Waals surface area contributed by atoms with Crippen LogP contribution in [0.5, 0.6) is 0 Å². The number of nitrogens with zero attached hydrogens (tertiary/aromatic N) is 1. The molecule has 0 aliphatic rings. The second kappa shape index (κ2) is 5.56. The highest BCUT2D eigenvalue weighted by Crippen LogP contribution is 2.16. The molecule has 0 atom stereocenters. The van der Waals surface area contributed by atoms with Gasteiger partial charge in [0.2, 0.25) is 0 Å². The number of hydrogen-bond acceptors (Lipinski definition) is 4. The zero-order chi connectivity index (χ0) is 14.7. The quantitative estimate of drug-likeness (QED) is 0.794. The number of nitrogens with one attached hydrogen (secondary N) is 2. The van der Waals surface area contributed by atoms with E-state index in [1.807, 2.05) is 13.8 Å². The summed E-state index contributed by atoms with van der Waals surface area (Å²) in [6.45, 7) is 3.87. The normalized spacial score (nSPS) is 10.6. The van der Waals surface area contributed by atoms with Crippen molar-refractivity contribution >= 4 is 17.5 Å². The standard InChI is InChI=1S/C14H15N3O3/c1-8(2)13-16-11(7-12(18)17-13)15-10-5-3-9(4-6-10)14(19)20/h3-8H,1-2H3,(H,19,20)(H2,15,16,17,18). The van der Waals surface area contributed by atoms with Crippen LogP contribution in [-0.2, 0) is 0 Å². The lowest BCUT2D eigenvalue weighted by atomic mass is 10.2. The average molecular weight is 273 g/mol. The molecule has 104 valence electrons. The molecule has 20 heavy (non-hydrogen) atoms. The molecule has 1 aromatic heterocycles. The number of benzene rings is 1. The molecule has 0 amide bonds. The van der Waals surface area contributed by atoms with Crippen LogP contribution in [0.4, 0.5) is 11.5 Å². The zero-order valence-electron chi connectivity index (χ0n) is 11.2. The fraction of sp³-hybridized carbons (Fsp3) is 0.214. The molecule has 3 N–H and O–H groups in total. The van der Waals surface area contributed by atoms with Gasteiger partial charge in [0.05, 0.1) is 5.56 Å². The van der Waals surface area contributed by atoms with E-state index in [-0.39, 0.29) is 17.0 Å². The van der Waals surface area contributed by atoms with Gasteiger partial charge in [0.15, 0.2) is 0 Å². The van der Waals surface area contributed by atoms with Crippen molar-refractivity contribution in [1.82, 2.24) is 9.97 Å². The van der Waals surface area contributed by atoms with Gasteiger partial charge in [0, 0.05) is 17.7 Å². The van der Waals surface area contributed by atoms with Crippen LogP contribution < -0.4 is 10.9 Å². The minimum atomic E-state index is -0.979. The Morgan fingerprint density at radius 2 is 1.95 bits per heavy atom. The van der Waals surface area contributed by atoms with Gasteiger partial charge in [0.1, 0.15) is 11.6 Å². The maximum Gasteiger partial charge on any atom is 0.335 e. The summed E-state index contributed by atoms with van der Waals surface area (Å²) in [5.41, 5.74) is 0.647. The fourth-order valence-electron chi connectivity index (χ4n) is 1.66. The Morgan fingerprint density at radius 3 is 2.50 bits per heavy atom. The Balaban J connectivity index is 2.25. The number of H-pyrrole nitrogens is 1. The number of carboxylic acid groups (broad SMARTS) is 1. The third-order valence-electron chi connectivity index (χ3n) is 2.71. The number of rotatable bonds is 4. The minimum absolute atomic E-state index is 0.110. The number of hydrogen-bond donors (Lipinski definition) is 3. The third-order valence-corrected chi connectivity index (χ3v) is 2.71. The molecular formula is C14H15N3O3. The number of aromatic nitrogens is 2. The van der Waals surface area contributed by atoms with Crippen LogP contribution in [0.2, 0.25) is 0 Å². The van der Waals surface area contributed by atoms with E-state index in [1.54, 1.807) is 12.1 Å². The van der Waals surface area contributed by atoms with E-state index in [2.05, 4.69) is 15.3 Å². The predicted octanol–water partition coefficient (Wildman–Crippen LogP) is 2.34. The number of carboxylic acids is 1. The Labute approximate surface area is 115 Å². The molecule has 0 saturated carbocycles. The van der Waals surface area contributed by atoms with Crippen molar-refractivity contribution in [2.75, 3.05) is 5.32 Å². The first kappa shape index (κ1) is 13.8. The summed E-state index contributed by atoms with van der Waals surface area (Å²) in [7, 11) is 0. The van der Waals surface area contributed by atoms with Crippen molar-refractivity contribution in [2.45, 2.75) is 19.8 Å². The van der Waals surface area contributed by atoms with Gasteiger partial charge in [-0.3, -0.25) is 4.79 Å². The molecule has 0 bridgehead atoms. The van der Waals surface area contributed by atoms with Gasteiger partial charge in [0.25, 0.3) is 5.56 Å². The summed E-state index contributed by atoms with van der Waals surface area (Å²) in [6.07, 6.45) is 0. The molecule has 6 nitrogen and oxygen atoms in total. The predicted molar refractivity (Wildman–Crippen MR) is 75.6 cm³/mol. The van der Waals surface area contributed by atoms with E-state index in [9.17, 15) is 9.59 Å². The molecule has 2 rings (SSSR count). The number of carbonyl (C=O) groups is 1. The maximum atomic E-state index is 11.5. The van der Waals surface area contributed by atoms with Crippen molar-refractivity contribution in [1.29, 1.82) is 0 Å². The fourth-order valence-corrected chi connectivity index (χ4v) is 1.66. The SMILES string of the molecule is CC(C)c1nc(Nc2ccc(C(=O)O)cc2)cc(=O)[nH]1. The Hall–Kier alpha value is -2.63. The molecule has 0 spiro atoms. The Bertz CT molecular complexity index is 675. The van der Waals surface area contributed by atoms with Crippen molar-refractivity contribution in [3.8, 4) is 0 Å². The first-order valence-electron chi connectivity index (χ1n) is 6.17. The van der Waals surface area contributed by atoms with Crippen LogP contribution in [0.1, 0.15) is 35.9 Å². The molecule has 0 saturated heterocycles. The van der Waals surface area contributed by atoms with Crippen molar-refractivity contribution < 1.29 is 9.90 Å². The van der Waals surface area contributed by atoms with Crippen LogP contribution in [0.3, 0.4) is 0 Å². The van der Waals surface area contributed by atoms with E-state index in [0.29, 0.717) is 17.3 Å². The zero-order valence-corrected chi connectivity index (χ0v) is 11.2. The Morgan fingerprint density at radius 1 is 1.30 bits per heavy atom. The summed E-state index contributed by atoms with van der Waals surface area (Å²) in [5, 5.41) is 11.8. The summed E-state index contributed by atoms with van der Waals surface area (Å²) >= 11 is 0. The van der Waals surface area contributed by atoms with Crippen molar-refractivity contribution in [3.63, 3.8) is 0 Å². The van der Waals surface area contributed by atoms with Gasteiger partial charge in [-0.25, -0.2) is 9.78 Å². The summed E-state index contributed by atoms with van der Waals surface area (Å²) in [5.74, 6) is 0.162. The van der Waals surface area contributed by atoms with Gasteiger partial charge >= 0.3 is 5.97 Å². The van der Waals surface area contributed by atoms with Crippen molar-refractivity contribution in [2.24, 2.45) is 0 Å². The highest BCUT2D eigenvalue weighted by atomic mass is 16.4. The number of anilines is 2. The van der Waals surface area contributed by atoms with Crippen LogP contribution in [0.15, 0.2) is 35.1 Å². The van der Waals surface area contributed by atoms with Crippen LogP contribution in [-0.4, -0.2) is 21.0 Å². The lowest BCUT2D eigenvalue weighted by Crippen LogP contribution is -2.13. The van der Waals surface area contributed by atoms with Crippen LogP contribution in [0, 0.1) is 0 Å². The highest BCUT2D eigenvalue weighted by molar-refractivity contribution is 5.88. The molecular weight excluding hydrogens is 258 g/mol. The molecule has 0 aliphatic heterocycles. The smallest absolute Gasteiger partial charge is 0.335 e. The van der Waals surface area contributed by atoms with Crippen LogP contribution in [0.25, 0.3) is 0 Å². The second-order valence-electron chi connectivity index (χ2n) is 4.68. The lowest BCUT2D eigenvalue weighted by molar-refractivity contribution is 0.0697. The second-order valence-corrected chi connectivity index (χ2v) is 4.68. The number of aromatic carboxylic acids is 1.